The Balaban J connectivity index is 1.41. The zero-order valence-electron chi connectivity index (χ0n) is 21.2. The molecule has 1 aliphatic rings. The Morgan fingerprint density at radius 3 is 2.56 bits per heavy atom. The minimum atomic E-state index is -0.487. The highest BCUT2D eigenvalue weighted by Gasteiger charge is 2.23. The average molecular weight is 536 g/mol. The molecule has 1 unspecified atom stereocenters. The highest BCUT2D eigenvalue weighted by atomic mass is 32.1. The van der Waals surface area contributed by atoms with Crippen LogP contribution in [0.25, 0.3) is 28.4 Å². The summed E-state index contributed by atoms with van der Waals surface area (Å²) in [5, 5.41) is 4.40. The van der Waals surface area contributed by atoms with E-state index in [0.717, 1.165) is 52.4 Å². The normalized spacial score (nSPS) is 15.1. The Bertz CT molecular complexity index is 1840. The molecule has 6 rings (SSSR count). The van der Waals surface area contributed by atoms with Crippen LogP contribution in [0.5, 0.6) is 11.5 Å². The van der Waals surface area contributed by atoms with Crippen molar-refractivity contribution in [2.45, 2.75) is 25.9 Å². The highest BCUT2D eigenvalue weighted by molar-refractivity contribution is 7.15. The van der Waals surface area contributed by atoms with Crippen LogP contribution in [-0.4, -0.2) is 21.2 Å². The van der Waals surface area contributed by atoms with Gasteiger partial charge in [0.25, 0.3) is 5.56 Å². The molecule has 194 valence electrons. The van der Waals surface area contributed by atoms with Crippen molar-refractivity contribution in [3.8, 4) is 22.8 Å². The third-order valence-corrected chi connectivity index (χ3v) is 7.43. The first-order valence-corrected chi connectivity index (χ1v) is 13.6. The molecule has 3 aromatic carbocycles. The van der Waals surface area contributed by atoms with Crippen molar-refractivity contribution in [1.29, 1.82) is 0 Å². The number of ether oxygens (including phenoxy) is 2. The number of unbranched alkanes of at least 4 members (excludes halogenated alkanes) is 1. The fraction of sp³-hybridized carbons (Fsp3) is 0.161. The molecule has 0 saturated heterocycles. The molecular weight excluding hydrogens is 510 g/mol. The number of thiazole rings is 1. The summed E-state index contributed by atoms with van der Waals surface area (Å²) in [6.45, 7) is 2.74. The minimum Gasteiger partial charge on any atom is -0.494 e. The molecule has 5 aromatic rings. The maximum Gasteiger partial charge on any atom is 0.300 e. The summed E-state index contributed by atoms with van der Waals surface area (Å²) in [6, 6.07) is 24.8. The van der Waals surface area contributed by atoms with Crippen LogP contribution in [-0.2, 0) is 0 Å². The van der Waals surface area contributed by atoms with Crippen LogP contribution in [0, 0.1) is 0 Å². The molecule has 7 nitrogen and oxygen atoms in total. The Morgan fingerprint density at radius 1 is 1.00 bits per heavy atom. The van der Waals surface area contributed by atoms with E-state index in [1.807, 2.05) is 66.7 Å². The molecule has 0 bridgehead atoms. The van der Waals surface area contributed by atoms with E-state index >= 15 is 0 Å². The number of aromatic nitrogens is 3. The summed E-state index contributed by atoms with van der Waals surface area (Å²) in [6.07, 6.45) is 5.47. The SMILES string of the molecule is CCCCOc1ccc(-c2nn3c(=O)/c(=C\C4=Cc5ccccc5OC4c4ccccc4)sc3nc2=O)cc1. The molecule has 1 aliphatic heterocycles. The molecule has 3 heterocycles. The van der Waals surface area contributed by atoms with E-state index in [0.29, 0.717) is 16.7 Å². The number of hydrogen-bond donors (Lipinski definition) is 0. The molecule has 0 N–H and O–H groups in total. The van der Waals surface area contributed by atoms with E-state index in [9.17, 15) is 9.59 Å². The van der Waals surface area contributed by atoms with Gasteiger partial charge >= 0.3 is 5.56 Å². The minimum absolute atomic E-state index is 0.116. The highest BCUT2D eigenvalue weighted by Crippen LogP contribution is 2.37. The van der Waals surface area contributed by atoms with Gasteiger partial charge in [-0.2, -0.15) is 14.6 Å². The second-order valence-corrected chi connectivity index (χ2v) is 10.2. The summed E-state index contributed by atoms with van der Waals surface area (Å²) < 4.78 is 13.7. The van der Waals surface area contributed by atoms with Crippen molar-refractivity contribution in [3.05, 3.63) is 121 Å². The molecule has 0 fully saturated rings. The fourth-order valence-electron chi connectivity index (χ4n) is 4.45. The number of para-hydroxylation sites is 1. The molecular formula is C31H25N3O4S. The number of nitrogens with zero attached hydrogens (tertiary/aromatic N) is 3. The molecule has 0 saturated carbocycles. The van der Waals surface area contributed by atoms with Gasteiger partial charge in [-0.25, -0.2) is 0 Å². The van der Waals surface area contributed by atoms with E-state index in [1.54, 1.807) is 24.3 Å². The van der Waals surface area contributed by atoms with Crippen LogP contribution in [0.1, 0.15) is 37.0 Å². The predicted molar refractivity (Wildman–Crippen MR) is 153 cm³/mol. The first-order chi connectivity index (χ1) is 19.1. The third kappa shape index (κ3) is 4.98. The van der Waals surface area contributed by atoms with Crippen LogP contribution < -0.4 is 25.1 Å². The van der Waals surface area contributed by atoms with E-state index in [1.165, 1.54) is 4.52 Å². The number of hydrogen-bond acceptors (Lipinski definition) is 7. The second-order valence-electron chi connectivity index (χ2n) is 9.19. The Morgan fingerprint density at radius 2 is 1.77 bits per heavy atom. The quantitative estimate of drug-likeness (QED) is 0.271. The van der Waals surface area contributed by atoms with E-state index in [4.69, 9.17) is 9.47 Å². The van der Waals surface area contributed by atoms with Crippen molar-refractivity contribution in [1.82, 2.24) is 14.6 Å². The first kappa shape index (κ1) is 24.8. The summed E-state index contributed by atoms with van der Waals surface area (Å²) >= 11 is 1.13. The van der Waals surface area contributed by atoms with Gasteiger partial charge in [0.05, 0.1) is 11.1 Å². The zero-order valence-corrected chi connectivity index (χ0v) is 22.1. The smallest absolute Gasteiger partial charge is 0.300 e. The molecule has 8 heteroatoms. The lowest BCUT2D eigenvalue weighted by Gasteiger charge is -2.26. The first-order valence-electron chi connectivity index (χ1n) is 12.8. The molecule has 39 heavy (non-hydrogen) atoms. The Kier molecular flexibility index (Phi) is 6.77. The summed E-state index contributed by atoms with van der Waals surface area (Å²) in [7, 11) is 0. The number of benzene rings is 3. The van der Waals surface area contributed by atoms with Gasteiger partial charge in [-0.3, -0.25) is 9.59 Å². The van der Waals surface area contributed by atoms with Crippen LogP contribution >= 0.6 is 11.3 Å². The third-order valence-electron chi connectivity index (χ3n) is 6.47. The van der Waals surface area contributed by atoms with Crippen LogP contribution in [0.2, 0.25) is 0 Å². The maximum atomic E-state index is 13.4. The van der Waals surface area contributed by atoms with Gasteiger partial charge in [0.15, 0.2) is 5.69 Å². The molecule has 0 aliphatic carbocycles. The maximum absolute atomic E-state index is 13.4. The fourth-order valence-corrected chi connectivity index (χ4v) is 5.35. The van der Waals surface area contributed by atoms with Crippen molar-refractivity contribution < 1.29 is 9.47 Å². The van der Waals surface area contributed by atoms with E-state index in [-0.39, 0.29) is 22.3 Å². The van der Waals surface area contributed by atoms with Gasteiger partial charge in [-0.15, -0.1) is 0 Å². The Labute approximate surface area is 228 Å². The van der Waals surface area contributed by atoms with Crippen molar-refractivity contribution in [2.75, 3.05) is 6.61 Å². The average Bonchev–Trinajstić information content (AvgIpc) is 3.26. The second kappa shape index (κ2) is 10.7. The van der Waals surface area contributed by atoms with Crippen LogP contribution in [0.3, 0.4) is 0 Å². The number of fused-ring (bicyclic) bond motifs is 2. The van der Waals surface area contributed by atoms with Gasteiger partial charge < -0.3 is 9.47 Å². The molecule has 2 aromatic heterocycles. The molecule has 0 spiro atoms. The van der Waals surface area contributed by atoms with Crippen molar-refractivity contribution >= 4 is 28.4 Å². The van der Waals surface area contributed by atoms with Gasteiger partial charge in [0.2, 0.25) is 4.96 Å². The van der Waals surface area contributed by atoms with Crippen LogP contribution in [0.15, 0.2) is 94.0 Å². The number of rotatable bonds is 7. The summed E-state index contributed by atoms with van der Waals surface area (Å²) in [5.74, 6) is 1.50. The summed E-state index contributed by atoms with van der Waals surface area (Å²) in [5.41, 5.74) is 2.59. The predicted octanol–water partition coefficient (Wildman–Crippen LogP) is 5.07. The van der Waals surface area contributed by atoms with Crippen molar-refractivity contribution in [2.24, 2.45) is 0 Å². The van der Waals surface area contributed by atoms with E-state index < -0.39 is 5.56 Å². The van der Waals surface area contributed by atoms with E-state index in [2.05, 4.69) is 17.0 Å². The van der Waals surface area contributed by atoms with Gasteiger partial charge in [-0.1, -0.05) is 73.2 Å². The lowest BCUT2D eigenvalue weighted by Crippen LogP contribution is -2.27. The largest absolute Gasteiger partial charge is 0.494 e. The van der Waals surface area contributed by atoms with Crippen molar-refractivity contribution in [3.63, 3.8) is 0 Å². The van der Waals surface area contributed by atoms with Gasteiger partial charge in [-0.05, 0) is 60.0 Å². The monoisotopic (exact) mass is 535 g/mol. The lowest BCUT2D eigenvalue weighted by molar-refractivity contribution is 0.244. The summed E-state index contributed by atoms with van der Waals surface area (Å²) in [4.78, 5) is 30.7. The molecule has 0 amide bonds. The molecule has 1 atom stereocenters. The molecule has 0 radical (unpaired) electrons. The lowest BCUT2D eigenvalue weighted by atomic mass is 9.96. The van der Waals surface area contributed by atoms with Gasteiger partial charge in [0.1, 0.15) is 17.6 Å². The standard InChI is InChI=1S/C31H25N3O4S/c1-2-3-17-37-24-15-13-20(14-16-24)27-29(35)32-31-34(33-27)30(36)26(39-31)19-23-18-22-11-7-8-12-25(22)38-28(23)21-9-5-4-6-10-21/h4-16,18-19,28H,2-3,17H2,1H3/b26-19+. The van der Waals surface area contributed by atoms with Gasteiger partial charge in [0, 0.05) is 11.1 Å². The topological polar surface area (TPSA) is 82.8 Å². The Hall–Kier alpha value is -4.56. The zero-order chi connectivity index (χ0) is 26.8. The van der Waals surface area contributed by atoms with Crippen LogP contribution in [0.4, 0.5) is 0 Å².